The van der Waals surface area contributed by atoms with E-state index >= 15 is 0 Å². The van der Waals surface area contributed by atoms with Gasteiger partial charge in [0.25, 0.3) is 5.91 Å². The standard InChI is InChI=1S/C20H17F2NO2S/c1-12-5-13(2)7-16(6-12)25-10-14-8-19(26-11-14)20(24)23-18-9-15(21)3-4-17(18)22/h3-9,11H,10H2,1-2H3,(H,23,24). The predicted octanol–water partition coefficient (Wildman–Crippen LogP) is 5.47. The van der Waals surface area contributed by atoms with Crippen molar-refractivity contribution in [2.24, 2.45) is 0 Å². The number of anilines is 1. The molecular formula is C20H17F2NO2S. The third kappa shape index (κ3) is 4.46. The zero-order valence-corrected chi connectivity index (χ0v) is 15.1. The fourth-order valence-electron chi connectivity index (χ4n) is 2.53. The van der Waals surface area contributed by atoms with E-state index in [1.54, 1.807) is 11.4 Å². The fraction of sp³-hybridized carbons (Fsp3) is 0.150. The van der Waals surface area contributed by atoms with Crippen LogP contribution in [0.25, 0.3) is 0 Å². The average Bonchev–Trinajstić information content (AvgIpc) is 3.04. The lowest BCUT2D eigenvalue weighted by Crippen LogP contribution is -2.11. The van der Waals surface area contributed by atoms with E-state index in [4.69, 9.17) is 4.74 Å². The van der Waals surface area contributed by atoms with Gasteiger partial charge in [-0.2, -0.15) is 0 Å². The number of benzene rings is 2. The molecule has 134 valence electrons. The average molecular weight is 373 g/mol. The van der Waals surface area contributed by atoms with Gasteiger partial charge in [0, 0.05) is 11.6 Å². The molecule has 3 nitrogen and oxygen atoms in total. The molecule has 1 heterocycles. The van der Waals surface area contributed by atoms with Crippen LogP contribution < -0.4 is 10.1 Å². The van der Waals surface area contributed by atoms with E-state index in [9.17, 15) is 13.6 Å². The van der Waals surface area contributed by atoms with Gasteiger partial charge in [-0.15, -0.1) is 11.3 Å². The van der Waals surface area contributed by atoms with Crippen LogP contribution in [0.15, 0.2) is 47.8 Å². The smallest absolute Gasteiger partial charge is 0.265 e. The molecule has 1 aromatic heterocycles. The van der Waals surface area contributed by atoms with Crippen LogP contribution in [-0.4, -0.2) is 5.91 Å². The molecule has 0 bridgehead atoms. The maximum absolute atomic E-state index is 13.6. The van der Waals surface area contributed by atoms with Crippen molar-refractivity contribution in [3.8, 4) is 5.75 Å². The van der Waals surface area contributed by atoms with Crippen LogP contribution in [0, 0.1) is 25.5 Å². The topological polar surface area (TPSA) is 38.3 Å². The zero-order chi connectivity index (χ0) is 18.7. The van der Waals surface area contributed by atoms with Crippen LogP contribution in [0.3, 0.4) is 0 Å². The molecular weight excluding hydrogens is 356 g/mol. The summed E-state index contributed by atoms with van der Waals surface area (Å²) in [5.41, 5.74) is 2.88. The first-order valence-corrected chi connectivity index (χ1v) is 8.83. The first kappa shape index (κ1) is 18.1. The summed E-state index contributed by atoms with van der Waals surface area (Å²) >= 11 is 1.22. The molecule has 0 aliphatic rings. The van der Waals surface area contributed by atoms with E-state index in [2.05, 4.69) is 11.4 Å². The highest BCUT2D eigenvalue weighted by molar-refractivity contribution is 7.12. The summed E-state index contributed by atoms with van der Waals surface area (Å²) in [6.07, 6.45) is 0. The monoisotopic (exact) mass is 373 g/mol. The first-order chi connectivity index (χ1) is 12.4. The number of nitrogens with one attached hydrogen (secondary N) is 1. The molecule has 0 atom stereocenters. The van der Waals surface area contributed by atoms with Crippen molar-refractivity contribution >= 4 is 22.9 Å². The van der Waals surface area contributed by atoms with Crippen molar-refractivity contribution in [2.75, 3.05) is 5.32 Å². The van der Waals surface area contributed by atoms with Gasteiger partial charge in [-0.05, 0) is 60.7 Å². The SMILES string of the molecule is Cc1cc(C)cc(OCc2csc(C(=O)Nc3cc(F)ccc3F)c2)c1. The van der Waals surface area contributed by atoms with E-state index in [0.29, 0.717) is 11.5 Å². The van der Waals surface area contributed by atoms with Gasteiger partial charge < -0.3 is 10.1 Å². The number of amides is 1. The van der Waals surface area contributed by atoms with Crippen LogP contribution in [-0.2, 0) is 6.61 Å². The van der Waals surface area contributed by atoms with E-state index in [-0.39, 0.29) is 5.69 Å². The minimum Gasteiger partial charge on any atom is -0.489 e. The third-order valence-corrected chi connectivity index (χ3v) is 4.63. The number of ether oxygens (including phenoxy) is 1. The van der Waals surface area contributed by atoms with Gasteiger partial charge in [0.2, 0.25) is 0 Å². The van der Waals surface area contributed by atoms with Crippen LogP contribution in [0.2, 0.25) is 0 Å². The molecule has 0 fully saturated rings. The summed E-state index contributed by atoms with van der Waals surface area (Å²) in [5, 5.41) is 4.19. The quantitative estimate of drug-likeness (QED) is 0.644. The Balaban J connectivity index is 1.65. The molecule has 0 saturated heterocycles. The first-order valence-electron chi connectivity index (χ1n) is 7.95. The number of hydrogen-bond donors (Lipinski definition) is 1. The normalized spacial score (nSPS) is 10.6. The van der Waals surface area contributed by atoms with Crippen molar-refractivity contribution < 1.29 is 18.3 Å². The summed E-state index contributed by atoms with van der Waals surface area (Å²) in [6.45, 7) is 4.32. The Kier molecular flexibility index (Phi) is 5.32. The van der Waals surface area contributed by atoms with E-state index in [0.717, 1.165) is 40.6 Å². The van der Waals surface area contributed by atoms with Gasteiger partial charge in [0.05, 0.1) is 10.6 Å². The molecule has 1 N–H and O–H groups in total. The summed E-state index contributed by atoms with van der Waals surface area (Å²) in [6, 6.07) is 10.6. The van der Waals surface area contributed by atoms with Crippen molar-refractivity contribution in [3.05, 3.63) is 81.0 Å². The number of carbonyl (C=O) groups is 1. The van der Waals surface area contributed by atoms with Crippen LogP contribution in [0.1, 0.15) is 26.4 Å². The molecule has 1 amide bonds. The number of halogens is 2. The lowest BCUT2D eigenvalue weighted by atomic mass is 10.1. The van der Waals surface area contributed by atoms with Gasteiger partial charge in [-0.1, -0.05) is 6.07 Å². The maximum atomic E-state index is 13.6. The molecule has 0 unspecified atom stereocenters. The molecule has 0 saturated carbocycles. The summed E-state index contributed by atoms with van der Waals surface area (Å²) in [5.74, 6) is -1.02. The van der Waals surface area contributed by atoms with Gasteiger partial charge in [-0.3, -0.25) is 4.79 Å². The Morgan fingerprint density at radius 1 is 1.08 bits per heavy atom. The fourth-order valence-corrected chi connectivity index (χ4v) is 3.32. The number of hydrogen-bond acceptors (Lipinski definition) is 3. The number of carbonyl (C=O) groups excluding carboxylic acids is 1. The lowest BCUT2D eigenvalue weighted by Gasteiger charge is -2.07. The molecule has 6 heteroatoms. The Hall–Kier alpha value is -2.73. The Morgan fingerprint density at radius 3 is 2.54 bits per heavy atom. The minimum absolute atomic E-state index is 0.184. The van der Waals surface area contributed by atoms with Crippen molar-refractivity contribution in [2.45, 2.75) is 20.5 Å². The molecule has 0 aliphatic carbocycles. The van der Waals surface area contributed by atoms with Gasteiger partial charge >= 0.3 is 0 Å². The molecule has 0 radical (unpaired) electrons. The lowest BCUT2D eigenvalue weighted by molar-refractivity contribution is 0.103. The summed E-state index contributed by atoms with van der Waals surface area (Å²) in [7, 11) is 0. The minimum atomic E-state index is -0.685. The van der Waals surface area contributed by atoms with E-state index < -0.39 is 17.5 Å². The van der Waals surface area contributed by atoms with Crippen LogP contribution in [0.5, 0.6) is 5.75 Å². The molecule has 3 aromatic rings. The number of rotatable bonds is 5. The summed E-state index contributed by atoms with van der Waals surface area (Å²) in [4.78, 5) is 12.6. The molecule has 3 rings (SSSR count). The van der Waals surface area contributed by atoms with Gasteiger partial charge in [-0.25, -0.2) is 8.78 Å². The van der Waals surface area contributed by atoms with Gasteiger partial charge in [0.15, 0.2) is 0 Å². The highest BCUT2D eigenvalue weighted by atomic mass is 32.1. The van der Waals surface area contributed by atoms with E-state index in [1.165, 1.54) is 11.3 Å². The van der Waals surface area contributed by atoms with Gasteiger partial charge in [0.1, 0.15) is 24.0 Å². The molecule has 0 spiro atoms. The van der Waals surface area contributed by atoms with Crippen molar-refractivity contribution in [3.63, 3.8) is 0 Å². The third-order valence-electron chi connectivity index (χ3n) is 3.65. The Bertz CT molecular complexity index is 932. The van der Waals surface area contributed by atoms with Crippen LogP contribution >= 0.6 is 11.3 Å². The number of thiophene rings is 1. The van der Waals surface area contributed by atoms with Crippen molar-refractivity contribution in [1.82, 2.24) is 0 Å². The Morgan fingerprint density at radius 2 is 1.81 bits per heavy atom. The van der Waals surface area contributed by atoms with Crippen LogP contribution in [0.4, 0.5) is 14.5 Å². The largest absolute Gasteiger partial charge is 0.489 e. The molecule has 26 heavy (non-hydrogen) atoms. The highest BCUT2D eigenvalue weighted by Gasteiger charge is 2.13. The molecule has 2 aromatic carbocycles. The maximum Gasteiger partial charge on any atom is 0.265 e. The zero-order valence-electron chi connectivity index (χ0n) is 14.3. The van der Waals surface area contributed by atoms with E-state index in [1.807, 2.05) is 26.0 Å². The highest BCUT2D eigenvalue weighted by Crippen LogP contribution is 2.22. The Labute approximate surface area is 154 Å². The second kappa shape index (κ2) is 7.66. The van der Waals surface area contributed by atoms with Crippen molar-refractivity contribution in [1.29, 1.82) is 0 Å². The predicted molar refractivity (Wildman–Crippen MR) is 98.9 cm³/mol. The molecule has 0 aliphatic heterocycles. The number of aryl methyl sites for hydroxylation is 2. The second-order valence-electron chi connectivity index (χ2n) is 6.01. The second-order valence-corrected chi connectivity index (χ2v) is 6.92. The summed E-state index contributed by atoms with van der Waals surface area (Å²) < 4.78 is 32.6.